The van der Waals surface area contributed by atoms with Gasteiger partial charge in [-0.2, -0.15) is 0 Å². The second-order valence-electron chi connectivity index (χ2n) is 6.90. The summed E-state index contributed by atoms with van der Waals surface area (Å²) in [6, 6.07) is 8.39. The molecular formula is C20H32Cl2N4O. The highest BCUT2D eigenvalue weighted by Gasteiger charge is 2.33. The van der Waals surface area contributed by atoms with Gasteiger partial charge in [-0.3, -0.25) is 4.79 Å². The number of amides is 1. The van der Waals surface area contributed by atoms with E-state index in [2.05, 4.69) is 34.6 Å². The Morgan fingerprint density at radius 1 is 1.19 bits per heavy atom. The van der Waals surface area contributed by atoms with Gasteiger partial charge in [0, 0.05) is 19.5 Å². The lowest BCUT2D eigenvalue weighted by atomic mass is 10.1. The SMILES string of the molecule is CCn1c(C2CCCN2C(=O)CCCCCCN)nc2ccccc21.Cl.Cl. The van der Waals surface area contributed by atoms with Crippen LogP contribution in [-0.4, -0.2) is 33.4 Å². The predicted octanol–water partition coefficient (Wildman–Crippen LogP) is 4.47. The average Bonchev–Trinajstić information content (AvgIpc) is 3.25. The smallest absolute Gasteiger partial charge is 0.223 e. The van der Waals surface area contributed by atoms with Crippen molar-refractivity contribution in [3.63, 3.8) is 0 Å². The van der Waals surface area contributed by atoms with E-state index in [1.807, 2.05) is 6.07 Å². The molecule has 5 nitrogen and oxygen atoms in total. The number of hydrogen-bond acceptors (Lipinski definition) is 3. The molecule has 0 bridgehead atoms. The minimum atomic E-state index is 0. The Hall–Kier alpha value is -1.30. The van der Waals surface area contributed by atoms with E-state index in [0.29, 0.717) is 6.42 Å². The Labute approximate surface area is 174 Å². The summed E-state index contributed by atoms with van der Waals surface area (Å²) < 4.78 is 2.27. The molecule has 7 heteroatoms. The van der Waals surface area contributed by atoms with E-state index in [-0.39, 0.29) is 36.8 Å². The van der Waals surface area contributed by atoms with Crippen LogP contribution in [0.2, 0.25) is 0 Å². The van der Waals surface area contributed by atoms with Crippen LogP contribution in [-0.2, 0) is 11.3 Å². The topological polar surface area (TPSA) is 64.2 Å². The molecule has 3 rings (SSSR count). The summed E-state index contributed by atoms with van der Waals surface area (Å²) in [5, 5.41) is 0. The van der Waals surface area contributed by atoms with E-state index in [1.165, 1.54) is 5.52 Å². The Kier molecular flexibility index (Phi) is 10.1. The fourth-order valence-corrected chi connectivity index (χ4v) is 3.93. The molecule has 0 radical (unpaired) electrons. The molecule has 27 heavy (non-hydrogen) atoms. The molecule has 1 saturated heterocycles. The van der Waals surface area contributed by atoms with Crippen molar-refractivity contribution >= 4 is 41.8 Å². The van der Waals surface area contributed by atoms with Crippen molar-refractivity contribution in [2.24, 2.45) is 5.73 Å². The molecular weight excluding hydrogens is 383 g/mol. The van der Waals surface area contributed by atoms with Crippen molar-refractivity contribution in [2.75, 3.05) is 13.1 Å². The number of hydrogen-bond donors (Lipinski definition) is 1. The van der Waals surface area contributed by atoms with Gasteiger partial charge in [0.15, 0.2) is 0 Å². The van der Waals surface area contributed by atoms with Gasteiger partial charge >= 0.3 is 0 Å². The zero-order valence-electron chi connectivity index (χ0n) is 16.1. The first-order valence-corrected chi connectivity index (χ1v) is 9.71. The average molecular weight is 415 g/mol. The van der Waals surface area contributed by atoms with Crippen molar-refractivity contribution in [3.05, 3.63) is 30.1 Å². The second kappa shape index (κ2) is 11.5. The van der Waals surface area contributed by atoms with Gasteiger partial charge in [-0.15, -0.1) is 24.8 Å². The lowest BCUT2D eigenvalue weighted by Gasteiger charge is -2.25. The maximum atomic E-state index is 12.7. The van der Waals surface area contributed by atoms with Gasteiger partial charge in [-0.05, 0) is 51.3 Å². The van der Waals surface area contributed by atoms with Crippen LogP contribution >= 0.6 is 24.8 Å². The number of unbranched alkanes of at least 4 members (excludes halogenated alkanes) is 3. The highest BCUT2D eigenvalue weighted by atomic mass is 35.5. The highest BCUT2D eigenvalue weighted by molar-refractivity contribution is 5.85. The fraction of sp³-hybridized carbons (Fsp3) is 0.600. The van der Waals surface area contributed by atoms with Gasteiger partial charge in [0.25, 0.3) is 0 Å². The number of halogens is 2. The quantitative estimate of drug-likeness (QED) is 0.647. The maximum Gasteiger partial charge on any atom is 0.223 e. The van der Waals surface area contributed by atoms with E-state index in [9.17, 15) is 4.79 Å². The van der Waals surface area contributed by atoms with Gasteiger partial charge in [0.05, 0.1) is 17.1 Å². The number of nitrogens with two attached hydrogens (primary N) is 1. The number of aryl methyl sites for hydroxylation is 1. The molecule has 0 aliphatic carbocycles. The minimum absolute atomic E-state index is 0. The van der Waals surface area contributed by atoms with Crippen molar-refractivity contribution < 1.29 is 4.79 Å². The third kappa shape index (κ3) is 5.37. The number of para-hydroxylation sites is 2. The van der Waals surface area contributed by atoms with Crippen molar-refractivity contribution in [3.8, 4) is 0 Å². The number of carbonyl (C=O) groups excluding carboxylic acids is 1. The third-order valence-electron chi connectivity index (χ3n) is 5.22. The third-order valence-corrected chi connectivity index (χ3v) is 5.22. The molecule has 1 aromatic carbocycles. The normalized spacial score (nSPS) is 16.2. The van der Waals surface area contributed by atoms with Crippen LogP contribution in [0.5, 0.6) is 0 Å². The molecule has 1 amide bonds. The molecule has 1 aliphatic rings. The van der Waals surface area contributed by atoms with Crippen LogP contribution in [0.4, 0.5) is 0 Å². The summed E-state index contributed by atoms with van der Waals surface area (Å²) in [5.74, 6) is 1.34. The molecule has 152 valence electrons. The van der Waals surface area contributed by atoms with Gasteiger partial charge < -0.3 is 15.2 Å². The molecule has 0 saturated carbocycles. The zero-order valence-corrected chi connectivity index (χ0v) is 17.7. The van der Waals surface area contributed by atoms with Gasteiger partial charge in [-0.1, -0.05) is 25.0 Å². The molecule has 1 aliphatic heterocycles. The summed E-state index contributed by atoms with van der Waals surface area (Å²) in [5.41, 5.74) is 7.72. The lowest BCUT2D eigenvalue weighted by molar-refractivity contribution is -0.132. The van der Waals surface area contributed by atoms with Crippen LogP contribution in [0.15, 0.2) is 24.3 Å². The van der Waals surface area contributed by atoms with Crippen molar-refractivity contribution in [1.82, 2.24) is 14.5 Å². The van der Waals surface area contributed by atoms with Gasteiger partial charge in [0.2, 0.25) is 5.91 Å². The summed E-state index contributed by atoms with van der Waals surface area (Å²) in [6.45, 7) is 4.64. The summed E-state index contributed by atoms with van der Waals surface area (Å²) in [4.78, 5) is 19.7. The van der Waals surface area contributed by atoms with E-state index in [4.69, 9.17) is 10.7 Å². The molecule has 1 atom stereocenters. The standard InChI is InChI=1S/C20H30N4O.2ClH/c1-2-23-17-11-7-6-10-16(17)22-20(23)18-12-9-15-24(18)19(25)13-5-3-4-8-14-21;;/h6-7,10-11,18H,2-5,8-9,12-15,21H2,1H3;2*1H. The zero-order chi connectivity index (χ0) is 17.6. The van der Waals surface area contributed by atoms with Crippen molar-refractivity contribution in [2.45, 2.75) is 64.5 Å². The Bertz CT molecular complexity index is 719. The number of carbonyl (C=O) groups is 1. The minimum Gasteiger partial charge on any atom is -0.333 e. The van der Waals surface area contributed by atoms with Gasteiger partial charge in [0.1, 0.15) is 5.82 Å². The largest absolute Gasteiger partial charge is 0.333 e. The number of fused-ring (bicyclic) bond motifs is 1. The first-order valence-electron chi connectivity index (χ1n) is 9.71. The van der Waals surface area contributed by atoms with Crippen LogP contribution < -0.4 is 5.73 Å². The van der Waals surface area contributed by atoms with E-state index >= 15 is 0 Å². The van der Waals surface area contributed by atoms with E-state index < -0.39 is 0 Å². The number of imidazole rings is 1. The first-order chi connectivity index (χ1) is 12.3. The molecule has 2 heterocycles. The summed E-state index contributed by atoms with van der Waals surface area (Å²) in [6.07, 6.45) is 6.97. The van der Waals surface area contributed by atoms with Crippen molar-refractivity contribution in [1.29, 1.82) is 0 Å². The van der Waals surface area contributed by atoms with E-state index in [1.54, 1.807) is 0 Å². The molecule has 2 aromatic rings. The number of aromatic nitrogens is 2. The predicted molar refractivity (Wildman–Crippen MR) is 116 cm³/mol. The molecule has 1 fully saturated rings. The molecule has 1 aromatic heterocycles. The number of benzene rings is 1. The highest BCUT2D eigenvalue weighted by Crippen LogP contribution is 2.34. The first kappa shape index (κ1) is 23.7. The molecule has 0 spiro atoms. The summed E-state index contributed by atoms with van der Waals surface area (Å²) in [7, 11) is 0. The lowest BCUT2D eigenvalue weighted by Crippen LogP contribution is -2.31. The van der Waals surface area contributed by atoms with Crippen LogP contribution in [0, 0.1) is 0 Å². The Balaban J connectivity index is 0.00000182. The number of nitrogens with zero attached hydrogens (tertiary/aromatic N) is 3. The molecule has 1 unspecified atom stereocenters. The monoisotopic (exact) mass is 414 g/mol. The van der Waals surface area contributed by atoms with E-state index in [0.717, 1.165) is 69.5 Å². The second-order valence-corrected chi connectivity index (χ2v) is 6.90. The van der Waals surface area contributed by atoms with Gasteiger partial charge in [-0.25, -0.2) is 4.98 Å². The summed E-state index contributed by atoms with van der Waals surface area (Å²) >= 11 is 0. The number of likely N-dealkylation sites (tertiary alicyclic amines) is 1. The van der Waals surface area contributed by atoms with Crippen LogP contribution in [0.3, 0.4) is 0 Å². The Morgan fingerprint density at radius 2 is 1.93 bits per heavy atom. The van der Waals surface area contributed by atoms with Crippen LogP contribution in [0.25, 0.3) is 11.0 Å². The van der Waals surface area contributed by atoms with Crippen LogP contribution in [0.1, 0.15) is 63.7 Å². The number of rotatable bonds is 8. The maximum absolute atomic E-state index is 12.7. The Morgan fingerprint density at radius 3 is 2.67 bits per heavy atom. The molecule has 2 N–H and O–H groups in total. The fourth-order valence-electron chi connectivity index (χ4n) is 3.93.